The summed E-state index contributed by atoms with van der Waals surface area (Å²) in [6.45, 7) is 5.14. The topological polar surface area (TPSA) is 21.3 Å². The first-order valence-corrected chi connectivity index (χ1v) is 8.79. The van der Waals surface area contributed by atoms with Gasteiger partial charge in [0.25, 0.3) is 0 Å². The smallest absolute Gasteiger partial charge is 0.125 e. The zero-order valence-electron chi connectivity index (χ0n) is 11.7. The van der Waals surface area contributed by atoms with E-state index in [1.54, 1.807) is 18.4 Å². The molecule has 2 nitrogen and oxygen atoms in total. The highest BCUT2D eigenvalue weighted by Gasteiger charge is 2.21. The van der Waals surface area contributed by atoms with Crippen molar-refractivity contribution in [3.8, 4) is 5.75 Å². The number of thiophene rings is 1. The van der Waals surface area contributed by atoms with Gasteiger partial charge in [-0.05, 0) is 47.6 Å². The Morgan fingerprint density at radius 2 is 2.05 bits per heavy atom. The predicted octanol–water partition coefficient (Wildman–Crippen LogP) is 5.29. The van der Waals surface area contributed by atoms with E-state index < -0.39 is 0 Å². The highest BCUT2D eigenvalue weighted by atomic mass is 79.9. The van der Waals surface area contributed by atoms with Crippen LogP contribution in [0.4, 0.5) is 0 Å². The molecular formula is C15H17Br2NOS. The summed E-state index contributed by atoms with van der Waals surface area (Å²) in [5.74, 6) is 0.892. The van der Waals surface area contributed by atoms with Crippen LogP contribution in [0, 0.1) is 6.92 Å². The van der Waals surface area contributed by atoms with Gasteiger partial charge in [-0.1, -0.05) is 28.9 Å². The molecule has 1 aromatic carbocycles. The Labute approximate surface area is 140 Å². The van der Waals surface area contributed by atoms with Gasteiger partial charge in [-0.3, -0.25) is 0 Å². The molecule has 0 aliphatic carbocycles. The van der Waals surface area contributed by atoms with Crippen LogP contribution in [0.1, 0.15) is 28.3 Å². The third-order valence-electron chi connectivity index (χ3n) is 3.01. The van der Waals surface area contributed by atoms with E-state index in [1.165, 1.54) is 9.75 Å². The number of rotatable bonds is 5. The van der Waals surface area contributed by atoms with E-state index >= 15 is 0 Å². The Morgan fingerprint density at radius 1 is 1.30 bits per heavy atom. The average molecular weight is 419 g/mol. The molecule has 1 aromatic heterocycles. The number of nitrogens with one attached hydrogen (secondary N) is 1. The zero-order valence-corrected chi connectivity index (χ0v) is 15.7. The fourth-order valence-corrected chi connectivity index (χ4v) is 4.48. The molecule has 5 heteroatoms. The number of benzene rings is 1. The second kappa shape index (κ2) is 7.07. The van der Waals surface area contributed by atoms with Crippen molar-refractivity contribution in [2.24, 2.45) is 0 Å². The fourth-order valence-electron chi connectivity index (χ4n) is 2.17. The molecular weight excluding hydrogens is 402 g/mol. The summed E-state index contributed by atoms with van der Waals surface area (Å²) in [5.41, 5.74) is 1.15. The van der Waals surface area contributed by atoms with Crippen molar-refractivity contribution in [3.05, 3.63) is 48.5 Å². The molecule has 0 amide bonds. The normalized spacial score (nSPS) is 12.4. The lowest BCUT2D eigenvalue weighted by molar-refractivity contribution is 0.404. The highest BCUT2D eigenvalue weighted by molar-refractivity contribution is 9.10. The van der Waals surface area contributed by atoms with Crippen LogP contribution in [0.15, 0.2) is 33.2 Å². The van der Waals surface area contributed by atoms with Gasteiger partial charge < -0.3 is 10.1 Å². The highest BCUT2D eigenvalue weighted by Crippen LogP contribution is 2.39. The lowest BCUT2D eigenvalue weighted by Crippen LogP contribution is -2.22. The van der Waals surface area contributed by atoms with Crippen molar-refractivity contribution < 1.29 is 4.74 Å². The van der Waals surface area contributed by atoms with E-state index in [9.17, 15) is 0 Å². The number of methoxy groups -OCH3 is 1. The van der Waals surface area contributed by atoms with Crippen LogP contribution in [0.5, 0.6) is 5.75 Å². The molecule has 0 fully saturated rings. The minimum atomic E-state index is 0.135. The Morgan fingerprint density at radius 3 is 2.60 bits per heavy atom. The van der Waals surface area contributed by atoms with Gasteiger partial charge in [0.1, 0.15) is 5.75 Å². The number of hydrogen-bond acceptors (Lipinski definition) is 3. The molecule has 0 bridgehead atoms. The Kier molecular flexibility index (Phi) is 5.66. The predicted molar refractivity (Wildman–Crippen MR) is 93.0 cm³/mol. The summed E-state index contributed by atoms with van der Waals surface area (Å²) in [7, 11) is 1.71. The van der Waals surface area contributed by atoms with Crippen LogP contribution >= 0.6 is 43.2 Å². The maximum atomic E-state index is 5.54. The van der Waals surface area contributed by atoms with E-state index in [1.807, 2.05) is 6.07 Å². The van der Waals surface area contributed by atoms with Crippen molar-refractivity contribution in [1.82, 2.24) is 5.32 Å². The number of hydrogen-bond donors (Lipinski definition) is 1. The van der Waals surface area contributed by atoms with Crippen LogP contribution in [0.25, 0.3) is 0 Å². The number of halogens is 2. The first-order chi connectivity index (χ1) is 9.56. The zero-order chi connectivity index (χ0) is 14.7. The van der Waals surface area contributed by atoms with E-state index in [2.05, 4.69) is 69.2 Å². The lowest BCUT2D eigenvalue weighted by atomic mass is 10.0. The fraction of sp³-hybridized carbons (Fsp3) is 0.333. The first kappa shape index (κ1) is 16.0. The van der Waals surface area contributed by atoms with Gasteiger partial charge in [-0.15, -0.1) is 11.3 Å². The van der Waals surface area contributed by atoms with E-state index in [0.717, 1.165) is 26.8 Å². The van der Waals surface area contributed by atoms with Crippen LogP contribution in [0.2, 0.25) is 0 Å². The number of ether oxygens (including phenoxy) is 1. The summed E-state index contributed by atoms with van der Waals surface area (Å²) in [4.78, 5) is 2.58. The monoisotopic (exact) mass is 417 g/mol. The van der Waals surface area contributed by atoms with Crippen molar-refractivity contribution in [2.75, 3.05) is 13.7 Å². The van der Waals surface area contributed by atoms with Gasteiger partial charge >= 0.3 is 0 Å². The standard InChI is InChI=1S/C15H17Br2NOS/c1-4-18-14(15-12(17)7-9(2)20-15)11-6-5-10(16)8-13(11)19-3/h5-8,14,18H,4H2,1-3H3. The first-order valence-electron chi connectivity index (χ1n) is 6.39. The molecule has 1 heterocycles. The van der Waals surface area contributed by atoms with Crippen LogP contribution in [-0.4, -0.2) is 13.7 Å². The molecule has 0 saturated carbocycles. The molecule has 0 aliphatic heterocycles. The Bertz CT molecular complexity index is 598. The summed E-state index contributed by atoms with van der Waals surface area (Å²) in [5, 5.41) is 3.55. The summed E-state index contributed by atoms with van der Waals surface area (Å²) < 4.78 is 7.71. The van der Waals surface area contributed by atoms with E-state index in [0.29, 0.717) is 0 Å². The minimum absolute atomic E-state index is 0.135. The molecule has 0 aliphatic rings. The molecule has 2 rings (SSSR count). The van der Waals surface area contributed by atoms with Gasteiger partial charge in [-0.25, -0.2) is 0 Å². The molecule has 1 atom stereocenters. The van der Waals surface area contributed by atoms with Crippen molar-refractivity contribution in [2.45, 2.75) is 19.9 Å². The van der Waals surface area contributed by atoms with Crippen molar-refractivity contribution in [3.63, 3.8) is 0 Å². The Balaban J connectivity index is 2.51. The molecule has 0 saturated heterocycles. The SMILES string of the molecule is CCNC(c1ccc(Br)cc1OC)c1sc(C)cc1Br. The number of aryl methyl sites for hydroxylation is 1. The summed E-state index contributed by atoms with van der Waals surface area (Å²) in [6, 6.07) is 8.47. The van der Waals surface area contributed by atoms with Crippen molar-refractivity contribution in [1.29, 1.82) is 0 Å². The van der Waals surface area contributed by atoms with Crippen molar-refractivity contribution >= 4 is 43.2 Å². The van der Waals surface area contributed by atoms with Gasteiger partial charge in [0.15, 0.2) is 0 Å². The maximum Gasteiger partial charge on any atom is 0.125 e. The molecule has 0 radical (unpaired) electrons. The molecule has 2 aromatic rings. The van der Waals surface area contributed by atoms with Crippen LogP contribution < -0.4 is 10.1 Å². The molecule has 20 heavy (non-hydrogen) atoms. The quantitative estimate of drug-likeness (QED) is 0.712. The molecule has 1 N–H and O–H groups in total. The molecule has 1 unspecified atom stereocenters. The molecule has 0 spiro atoms. The second-order valence-corrected chi connectivity index (χ2v) is 7.50. The largest absolute Gasteiger partial charge is 0.496 e. The Hall–Kier alpha value is -0.360. The summed E-state index contributed by atoms with van der Waals surface area (Å²) >= 11 is 8.96. The van der Waals surface area contributed by atoms with E-state index in [4.69, 9.17) is 4.74 Å². The summed E-state index contributed by atoms with van der Waals surface area (Å²) in [6.07, 6.45) is 0. The van der Waals surface area contributed by atoms with Gasteiger partial charge in [0, 0.05) is 24.3 Å². The van der Waals surface area contributed by atoms with Crippen LogP contribution in [-0.2, 0) is 0 Å². The van der Waals surface area contributed by atoms with Gasteiger partial charge in [0.2, 0.25) is 0 Å². The maximum absolute atomic E-state index is 5.54. The average Bonchev–Trinajstić information content (AvgIpc) is 2.75. The lowest BCUT2D eigenvalue weighted by Gasteiger charge is -2.20. The van der Waals surface area contributed by atoms with Crippen LogP contribution in [0.3, 0.4) is 0 Å². The van der Waals surface area contributed by atoms with Gasteiger partial charge in [-0.2, -0.15) is 0 Å². The molecule has 108 valence electrons. The third-order valence-corrected chi connectivity index (χ3v) is 5.54. The van der Waals surface area contributed by atoms with Gasteiger partial charge in [0.05, 0.1) is 13.2 Å². The second-order valence-electron chi connectivity index (χ2n) is 4.45. The van der Waals surface area contributed by atoms with E-state index in [-0.39, 0.29) is 6.04 Å². The minimum Gasteiger partial charge on any atom is -0.496 e. The third kappa shape index (κ3) is 3.45.